The highest BCUT2D eigenvalue weighted by atomic mass is 14.9. The molecule has 8 aromatic carbocycles. The Morgan fingerprint density at radius 3 is 1.24 bits per heavy atom. The Morgan fingerprint density at radius 2 is 0.655 bits per heavy atom. The molecule has 0 radical (unpaired) electrons. The summed E-state index contributed by atoms with van der Waals surface area (Å²) in [6.07, 6.45) is 0. The monoisotopic (exact) mass is 698 g/mol. The fourth-order valence-electron chi connectivity index (χ4n) is 9.05. The molecule has 0 fully saturated rings. The molecule has 1 heterocycles. The predicted octanol–water partition coefficient (Wildman–Crippen LogP) is 13.2. The lowest BCUT2D eigenvalue weighted by Crippen LogP contribution is -2.25. The van der Waals surface area contributed by atoms with Crippen LogP contribution in [0.4, 0.5) is 0 Å². The molecule has 9 aromatic rings. The molecule has 55 heavy (non-hydrogen) atoms. The Labute approximate surface area is 321 Å². The average molecular weight is 699 g/mol. The van der Waals surface area contributed by atoms with Gasteiger partial charge in [0.25, 0.3) is 0 Å². The molecule has 2 heteroatoms. The largest absolute Gasteiger partial charge is 0.228 e. The van der Waals surface area contributed by atoms with Crippen LogP contribution < -0.4 is 0 Å². The molecule has 0 amide bonds. The molecule has 0 aliphatic heterocycles. The van der Waals surface area contributed by atoms with Crippen LogP contribution in [0.25, 0.3) is 78.4 Å². The van der Waals surface area contributed by atoms with E-state index in [0.29, 0.717) is 0 Å². The summed E-state index contributed by atoms with van der Waals surface area (Å²) in [5.41, 5.74) is 20.1. The predicted molar refractivity (Wildman–Crippen MR) is 226 cm³/mol. The highest BCUT2D eigenvalue weighted by Gasteiger charge is 2.51. The first kappa shape index (κ1) is 31.4. The van der Waals surface area contributed by atoms with Crippen molar-refractivity contribution in [3.63, 3.8) is 0 Å². The summed E-state index contributed by atoms with van der Waals surface area (Å²) in [6, 6.07) is 74.5. The van der Waals surface area contributed by atoms with Crippen molar-refractivity contribution in [3.05, 3.63) is 229 Å². The lowest BCUT2D eigenvalue weighted by molar-refractivity contribution is 0.794. The highest BCUT2D eigenvalue weighted by Crippen LogP contribution is 2.63. The van der Waals surface area contributed by atoms with Crippen LogP contribution in [0.15, 0.2) is 206 Å². The molecule has 11 rings (SSSR count). The van der Waals surface area contributed by atoms with Crippen LogP contribution >= 0.6 is 0 Å². The van der Waals surface area contributed by atoms with Gasteiger partial charge in [0.05, 0.1) is 16.8 Å². The Kier molecular flexibility index (Phi) is 7.11. The maximum Gasteiger partial charge on any atom is 0.160 e. The Morgan fingerprint density at radius 1 is 0.255 bits per heavy atom. The van der Waals surface area contributed by atoms with Gasteiger partial charge >= 0.3 is 0 Å². The van der Waals surface area contributed by atoms with Crippen LogP contribution in [0.5, 0.6) is 0 Å². The van der Waals surface area contributed by atoms with Gasteiger partial charge in [0.2, 0.25) is 0 Å². The first-order chi connectivity index (χ1) is 27.3. The van der Waals surface area contributed by atoms with Gasteiger partial charge in [0.15, 0.2) is 5.82 Å². The third kappa shape index (κ3) is 4.89. The van der Waals surface area contributed by atoms with Crippen molar-refractivity contribution in [3.8, 4) is 78.4 Å². The van der Waals surface area contributed by atoms with Crippen molar-refractivity contribution >= 4 is 0 Å². The Balaban J connectivity index is 0.986. The molecule has 0 unspecified atom stereocenters. The van der Waals surface area contributed by atoms with Gasteiger partial charge in [-0.3, -0.25) is 0 Å². The molecule has 2 aliphatic rings. The zero-order chi connectivity index (χ0) is 36.3. The summed E-state index contributed by atoms with van der Waals surface area (Å²) in [5, 5.41) is 0. The van der Waals surface area contributed by atoms with Crippen LogP contribution in [0.1, 0.15) is 22.3 Å². The number of benzene rings is 8. The minimum atomic E-state index is -0.357. The maximum absolute atomic E-state index is 5.05. The second-order valence-electron chi connectivity index (χ2n) is 14.5. The molecular weight excluding hydrogens is 665 g/mol. The minimum Gasteiger partial charge on any atom is -0.228 e. The molecule has 256 valence electrons. The van der Waals surface area contributed by atoms with E-state index in [-0.39, 0.29) is 5.41 Å². The van der Waals surface area contributed by atoms with Crippen LogP contribution in [-0.4, -0.2) is 9.97 Å². The van der Waals surface area contributed by atoms with E-state index >= 15 is 0 Å². The lowest BCUT2D eigenvalue weighted by Gasteiger charge is -2.30. The van der Waals surface area contributed by atoms with Crippen molar-refractivity contribution < 1.29 is 0 Å². The van der Waals surface area contributed by atoms with Crippen molar-refractivity contribution in [2.75, 3.05) is 0 Å². The van der Waals surface area contributed by atoms with E-state index in [9.17, 15) is 0 Å². The van der Waals surface area contributed by atoms with Gasteiger partial charge < -0.3 is 0 Å². The minimum absolute atomic E-state index is 0.357. The number of nitrogens with zero attached hydrogens (tertiary/aromatic N) is 2. The Bertz CT molecular complexity index is 2790. The van der Waals surface area contributed by atoms with Crippen molar-refractivity contribution in [1.29, 1.82) is 0 Å². The van der Waals surface area contributed by atoms with Crippen LogP contribution in [0.2, 0.25) is 0 Å². The summed E-state index contributed by atoms with van der Waals surface area (Å²) in [6.45, 7) is 0. The van der Waals surface area contributed by atoms with Crippen LogP contribution in [0.3, 0.4) is 0 Å². The summed E-state index contributed by atoms with van der Waals surface area (Å²) in [7, 11) is 0. The fourth-order valence-corrected chi connectivity index (χ4v) is 9.05. The molecule has 0 bridgehead atoms. The third-order valence-electron chi connectivity index (χ3n) is 11.5. The average Bonchev–Trinajstić information content (AvgIpc) is 3.74. The van der Waals surface area contributed by atoms with E-state index in [1.807, 2.05) is 24.3 Å². The third-order valence-corrected chi connectivity index (χ3v) is 11.5. The second kappa shape index (κ2) is 12.5. The van der Waals surface area contributed by atoms with Crippen LogP contribution in [0, 0.1) is 0 Å². The topological polar surface area (TPSA) is 25.8 Å². The van der Waals surface area contributed by atoms with Crippen molar-refractivity contribution in [2.24, 2.45) is 0 Å². The highest BCUT2D eigenvalue weighted by molar-refractivity contribution is 5.96. The van der Waals surface area contributed by atoms with E-state index in [1.165, 1.54) is 61.2 Å². The number of hydrogen-bond donors (Lipinski definition) is 0. The van der Waals surface area contributed by atoms with E-state index < -0.39 is 0 Å². The van der Waals surface area contributed by atoms with Gasteiger partial charge in [0.1, 0.15) is 0 Å². The molecule has 0 saturated carbocycles. The number of hydrogen-bond acceptors (Lipinski definition) is 2. The lowest BCUT2D eigenvalue weighted by atomic mass is 9.70. The normalized spacial score (nSPS) is 12.9. The SMILES string of the molecule is c1ccc(-c2cc(-c3ccc(-c4cccc(-c5ccc6c(c5)C5(c7ccccc7-c7ccccc75)c5ccccc5-6)c4)cc3)nc(-c3ccccc3)n2)cc1. The summed E-state index contributed by atoms with van der Waals surface area (Å²) in [5.74, 6) is 0.720. The van der Waals surface area contributed by atoms with E-state index in [1.54, 1.807) is 0 Å². The summed E-state index contributed by atoms with van der Waals surface area (Å²) >= 11 is 0. The number of aromatic nitrogens is 2. The number of rotatable bonds is 5. The van der Waals surface area contributed by atoms with E-state index in [2.05, 4.69) is 182 Å². The molecule has 1 spiro atoms. The van der Waals surface area contributed by atoms with Crippen molar-refractivity contribution in [1.82, 2.24) is 9.97 Å². The smallest absolute Gasteiger partial charge is 0.160 e. The van der Waals surface area contributed by atoms with Gasteiger partial charge in [-0.25, -0.2) is 9.97 Å². The van der Waals surface area contributed by atoms with E-state index in [0.717, 1.165) is 39.5 Å². The van der Waals surface area contributed by atoms with Crippen LogP contribution in [-0.2, 0) is 5.41 Å². The first-order valence-corrected chi connectivity index (χ1v) is 18.9. The summed E-state index contributed by atoms with van der Waals surface area (Å²) in [4.78, 5) is 10.0. The molecule has 0 atom stereocenters. The van der Waals surface area contributed by atoms with Crippen molar-refractivity contribution in [2.45, 2.75) is 5.41 Å². The zero-order valence-corrected chi connectivity index (χ0v) is 30.0. The van der Waals surface area contributed by atoms with Gasteiger partial charge in [-0.15, -0.1) is 0 Å². The fraction of sp³-hybridized carbons (Fsp3) is 0.0189. The zero-order valence-electron chi connectivity index (χ0n) is 30.0. The first-order valence-electron chi connectivity index (χ1n) is 18.9. The molecule has 0 N–H and O–H groups in total. The molecule has 2 nitrogen and oxygen atoms in total. The van der Waals surface area contributed by atoms with Gasteiger partial charge in [-0.05, 0) is 85.0 Å². The maximum atomic E-state index is 5.05. The molecule has 0 saturated heterocycles. The van der Waals surface area contributed by atoms with Gasteiger partial charge in [-0.1, -0.05) is 188 Å². The number of fused-ring (bicyclic) bond motifs is 10. The second-order valence-corrected chi connectivity index (χ2v) is 14.5. The molecule has 2 aliphatic carbocycles. The molecular formula is C53H34N2. The quantitative estimate of drug-likeness (QED) is 0.179. The summed E-state index contributed by atoms with van der Waals surface area (Å²) < 4.78 is 0. The van der Waals surface area contributed by atoms with E-state index in [4.69, 9.17) is 9.97 Å². The van der Waals surface area contributed by atoms with Gasteiger partial charge in [-0.2, -0.15) is 0 Å². The molecule has 1 aromatic heterocycles. The Hall–Kier alpha value is -7.16. The standard InChI is InChI=1S/C53H34N2/c1-3-14-36(15-4-1)50-34-51(55-52(54-50)38-16-5-2-6-17-38)37-28-26-35(27-29-37)39-18-13-19-40(32-39)41-30-31-45-44-22-9-12-25-48(44)53(49(45)33-41)46-23-10-7-20-42(46)43-21-8-11-24-47(43)53/h1-34H. The van der Waals surface area contributed by atoms with Gasteiger partial charge in [0, 0.05) is 16.7 Å².